The van der Waals surface area contributed by atoms with Gasteiger partial charge in [-0.15, -0.1) is 13.2 Å². The summed E-state index contributed by atoms with van der Waals surface area (Å²) in [4.78, 5) is 46.9. The van der Waals surface area contributed by atoms with Crippen LogP contribution < -0.4 is 16.0 Å². The van der Waals surface area contributed by atoms with Gasteiger partial charge >= 0.3 is 12.0 Å². The number of nitrogens with zero attached hydrogens (tertiary/aromatic N) is 1. The Hall–Kier alpha value is -3.76. The van der Waals surface area contributed by atoms with Crippen molar-refractivity contribution in [1.29, 1.82) is 0 Å². The zero-order valence-electron chi connectivity index (χ0n) is 26.0. The van der Waals surface area contributed by atoms with E-state index in [2.05, 4.69) is 35.7 Å². The Morgan fingerprint density at radius 2 is 1.54 bits per heavy atom. The number of hydrogen-bond donors (Lipinski definition) is 5. The number of aliphatic hydroxyl groups is 1. The van der Waals surface area contributed by atoms with Gasteiger partial charge in [0.1, 0.15) is 6.54 Å². The molecule has 1 saturated carbocycles. The van der Waals surface area contributed by atoms with Crippen LogP contribution in [0.1, 0.15) is 72.3 Å². The minimum Gasteiger partial charge on any atom is -0.480 e. The monoisotopic (exact) mass is 576 g/mol. The van der Waals surface area contributed by atoms with Crippen molar-refractivity contribution in [3.8, 4) is 0 Å². The first-order valence-electron chi connectivity index (χ1n) is 13.9. The number of aliphatic hydroxyl groups excluding tert-OH is 1. The van der Waals surface area contributed by atoms with Gasteiger partial charge in [-0.3, -0.25) is 19.7 Å². The lowest BCUT2D eigenvalue weighted by Gasteiger charge is -2.30. The predicted molar refractivity (Wildman–Crippen MR) is 168 cm³/mol. The van der Waals surface area contributed by atoms with Gasteiger partial charge in [-0.05, 0) is 38.8 Å². The molecule has 0 atom stereocenters. The molecule has 3 rings (SSSR count). The molecule has 232 valence electrons. The number of carbonyl (C=O) groups excluding carboxylic acids is 3. The molecule has 1 saturated heterocycles. The van der Waals surface area contributed by atoms with Gasteiger partial charge in [-0.2, -0.15) is 0 Å². The summed E-state index contributed by atoms with van der Waals surface area (Å²) in [7, 11) is 1.00. The summed E-state index contributed by atoms with van der Waals surface area (Å²) in [5.41, 5.74) is 1.95. The summed E-state index contributed by atoms with van der Waals surface area (Å²) in [6.45, 7) is 21.1. The van der Waals surface area contributed by atoms with Gasteiger partial charge in [-0.25, -0.2) is 9.69 Å². The molecule has 1 aromatic rings. The molecule has 0 unspecified atom stereocenters. The number of carbonyl (C=O) groups is 4. The molecule has 10 heteroatoms. The number of anilines is 1. The van der Waals surface area contributed by atoms with Crippen molar-refractivity contribution < 1.29 is 29.4 Å². The van der Waals surface area contributed by atoms with Crippen LogP contribution in [0.2, 0.25) is 0 Å². The average molecular weight is 577 g/mol. The van der Waals surface area contributed by atoms with Gasteiger partial charge in [0.2, 0.25) is 0 Å². The van der Waals surface area contributed by atoms with Crippen molar-refractivity contribution in [3.63, 3.8) is 0 Å². The molecule has 5 N–H and O–H groups in total. The summed E-state index contributed by atoms with van der Waals surface area (Å²) in [6.07, 6.45) is 7.83. The van der Waals surface area contributed by atoms with Gasteiger partial charge < -0.3 is 20.8 Å². The number of carboxylic acid groups (broad SMARTS) is 1. The van der Waals surface area contributed by atoms with E-state index in [1.165, 1.54) is 5.56 Å². The molecule has 1 aromatic carbocycles. The minimum absolute atomic E-state index is 0.128. The summed E-state index contributed by atoms with van der Waals surface area (Å²) in [6, 6.07) is 7.03. The van der Waals surface area contributed by atoms with E-state index in [9.17, 15) is 19.2 Å². The molecule has 0 bridgehead atoms. The Morgan fingerprint density at radius 1 is 1.02 bits per heavy atom. The van der Waals surface area contributed by atoms with Crippen molar-refractivity contribution in [2.24, 2.45) is 0 Å². The van der Waals surface area contributed by atoms with Crippen LogP contribution in [0.3, 0.4) is 0 Å². The molecule has 1 aliphatic heterocycles. The third-order valence-electron chi connectivity index (χ3n) is 5.68. The predicted octanol–water partition coefficient (Wildman–Crippen LogP) is 5.40. The number of nitrogens with one attached hydrogen (secondary N) is 3. The summed E-state index contributed by atoms with van der Waals surface area (Å²) < 4.78 is 0. The van der Waals surface area contributed by atoms with Crippen LogP contribution >= 0.6 is 0 Å². The number of amides is 4. The number of rotatable bonds is 5. The Balaban J connectivity index is -0.000000572. The zero-order chi connectivity index (χ0) is 32.4. The van der Waals surface area contributed by atoms with E-state index < -0.39 is 24.1 Å². The topological polar surface area (TPSA) is 148 Å². The van der Waals surface area contributed by atoms with Crippen LogP contribution in [0.4, 0.5) is 10.5 Å². The highest BCUT2D eigenvalue weighted by Crippen LogP contribution is 2.32. The number of urea groups is 1. The number of aliphatic carboxylic acids is 1. The Kier molecular flexibility index (Phi) is 25.7. The molecule has 0 aromatic heterocycles. The highest BCUT2D eigenvalue weighted by molar-refractivity contribution is 6.05. The van der Waals surface area contributed by atoms with Gasteiger partial charge in [0, 0.05) is 18.4 Å². The van der Waals surface area contributed by atoms with E-state index in [0.717, 1.165) is 49.8 Å². The maximum Gasteiger partial charge on any atom is 0.325 e. The first-order valence-corrected chi connectivity index (χ1v) is 13.9. The average Bonchev–Trinajstić information content (AvgIpc) is 3.33. The van der Waals surface area contributed by atoms with Gasteiger partial charge in [0.05, 0.1) is 12.2 Å². The molecule has 10 nitrogen and oxygen atoms in total. The van der Waals surface area contributed by atoms with E-state index >= 15 is 0 Å². The quantitative estimate of drug-likeness (QED) is 0.179. The third kappa shape index (κ3) is 15.0. The van der Waals surface area contributed by atoms with E-state index in [4.69, 9.17) is 10.2 Å². The van der Waals surface area contributed by atoms with Crippen molar-refractivity contribution in [2.75, 3.05) is 25.6 Å². The second-order valence-corrected chi connectivity index (χ2v) is 8.03. The molecule has 2 fully saturated rings. The number of carboxylic acids is 1. The van der Waals surface area contributed by atoms with Gasteiger partial charge in [0.25, 0.3) is 11.8 Å². The van der Waals surface area contributed by atoms with E-state index in [1.807, 2.05) is 65.8 Å². The van der Waals surface area contributed by atoms with Crippen LogP contribution in [0.15, 0.2) is 61.7 Å². The Labute approximate surface area is 246 Å². The number of imide groups is 1. The Bertz CT molecular complexity index is 938. The molecule has 0 radical (unpaired) electrons. The molecule has 1 aliphatic carbocycles. The van der Waals surface area contributed by atoms with Crippen molar-refractivity contribution >= 4 is 29.5 Å². The molecule has 41 heavy (non-hydrogen) atoms. The lowest BCUT2D eigenvalue weighted by Crippen LogP contribution is -2.50. The summed E-state index contributed by atoms with van der Waals surface area (Å²) in [5.74, 6) is -1.49. The van der Waals surface area contributed by atoms with Crippen LogP contribution in [-0.2, 0) is 14.4 Å². The third-order valence-corrected chi connectivity index (χ3v) is 5.68. The van der Waals surface area contributed by atoms with Gasteiger partial charge in [0.15, 0.2) is 0 Å². The molecule has 1 heterocycles. The maximum absolute atomic E-state index is 12.2. The summed E-state index contributed by atoms with van der Waals surface area (Å²) >= 11 is 0. The van der Waals surface area contributed by atoms with Crippen LogP contribution in [-0.4, -0.2) is 64.8 Å². The highest BCUT2D eigenvalue weighted by Gasteiger charge is 2.48. The summed E-state index contributed by atoms with van der Waals surface area (Å²) in [5, 5.41) is 23.6. The lowest BCUT2D eigenvalue weighted by atomic mass is 9.82. The number of aryl methyl sites for hydroxylation is 1. The van der Waals surface area contributed by atoms with E-state index in [1.54, 1.807) is 12.2 Å². The fraction of sp³-hybridized carbons (Fsp3) is 0.484. The van der Waals surface area contributed by atoms with Crippen LogP contribution in [0, 0.1) is 6.92 Å². The minimum atomic E-state index is -1.13. The lowest BCUT2D eigenvalue weighted by molar-refractivity contribution is -0.136. The van der Waals surface area contributed by atoms with E-state index in [-0.39, 0.29) is 18.5 Å². The molecule has 4 amide bonds. The van der Waals surface area contributed by atoms with Crippen molar-refractivity contribution in [1.82, 2.24) is 15.5 Å². The molecular formula is C31H52N4O6. The number of benzene rings is 1. The first-order chi connectivity index (χ1) is 19.7. The fourth-order valence-corrected chi connectivity index (χ4v) is 3.77. The maximum atomic E-state index is 12.2. The first kappa shape index (κ1) is 41.7. The smallest absolute Gasteiger partial charge is 0.325 e. The zero-order valence-corrected chi connectivity index (χ0v) is 26.0. The second-order valence-electron chi connectivity index (χ2n) is 8.03. The Morgan fingerprint density at radius 3 is 1.98 bits per heavy atom. The van der Waals surface area contributed by atoms with Crippen LogP contribution in [0.25, 0.3) is 0 Å². The van der Waals surface area contributed by atoms with Crippen molar-refractivity contribution in [3.05, 3.63) is 67.3 Å². The molecule has 2 aliphatic rings. The molecule has 1 spiro atoms. The number of hydrogen-bond acceptors (Lipinski definition) is 6. The largest absolute Gasteiger partial charge is 0.480 e. The van der Waals surface area contributed by atoms with E-state index in [0.29, 0.717) is 5.57 Å². The standard InChI is InChI=1S/C13H15NO.C11H17N3O4.2C2H6.C2H4.CH4O/c1-4-11(5-2)13(15)14-12-8-6-10(3)7-9-12;15-8(16)6-12-10(18)14-7-13-11(9(14)17)4-2-1-3-5-11;4*1-2/h4-9H,1H2,2-3H3,(H,14,15);13H,1-7H2,(H,12,18)(H,15,16);2*1-2H3;1-2H2;2H,1H3/b11-5+;;;;;. The van der Waals surface area contributed by atoms with Gasteiger partial charge in [-0.1, -0.05) is 83.4 Å². The normalized spacial score (nSPS) is 14.3. The van der Waals surface area contributed by atoms with Crippen LogP contribution in [0.5, 0.6) is 0 Å². The van der Waals surface area contributed by atoms with Crippen molar-refractivity contribution in [2.45, 2.75) is 79.2 Å². The SMILES string of the molecule is C=C.C=C/C(=C\C)C(=O)Nc1ccc(C)cc1.CC.CC.CO.O=C(O)CNC(=O)N1CNC2(CCCCC2)C1=O. The molecular weight excluding hydrogens is 524 g/mol. The highest BCUT2D eigenvalue weighted by atomic mass is 16.4. The second kappa shape index (κ2) is 25.2. The number of allylic oxidation sites excluding steroid dienone is 1. The fourth-order valence-electron chi connectivity index (χ4n) is 3.77.